The van der Waals surface area contributed by atoms with E-state index in [1.165, 1.54) is 12.3 Å². The molecule has 3 N–H and O–H groups in total. The molecule has 0 saturated carbocycles. The van der Waals surface area contributed by atoms with E-state index in [0.29, 0.717) is 0 Å². The molecule has 1 rings (SSSR count). The summed E-state index contributed by atoms with van der Waals surface area (Å²) in [5.41, 5.74) is 5.29. The van der Waals surface area contributed by atoms with E-state index in [1.54, 1.807) is 0 Å². The van der Waals surface area contributed by atoms with Crippen LogP contribution < -0.4 is 5.73 Å². The summed E-state index contributed by atoms with van der Waals surface area (Å²) in [5, 5.41) is 8.54. The summed E-state index contributed by atoms with van der Waals surface area (Å²) in [5.74, 6) is -1.10. The third-order valence-corrected chi connectivity index (χ3v) is 1.47. The molecule has 0 fully saturated rings. The van der Waals surface area contributed by atoms with Crippen LogP contribution in [0, 0.1) is 0 Å². The molecule has 0 radical (unpaired) electrons. The Morgan fingerprint density at radius 2 is 2.36 bits per heavy atom. The van der Waals surface area contributed by atoms with Gasteiger partial charge in [-0.15, -0.1) is 0 Å². The average molecular weight is 173 g/mol. The summed E-state index contributed by atoms with van der Waals surface area (Å²) >= 11 is 5.46. The Labute approximate surface area is 67.6 Å². The minimum atomic E-state index is -1.10. The molecule has 0 aliphatic heterocycles. The number of nitrogens with two attached hydrogens (primary N) is 1. The van der Waals surface area contributed by atoms with Gasteiger partial charge in [0.2, 0.25) is 0 Å². The lowest BCUT2D eigenvalue weighted by Gasteiger charge is -1.99. The van der Waals surface area contributed by atoms with Gasteiger partial charge in [-0.3, -0.25) is 0 Å². The number of carbonyl (C=O) groups is 1. The van der Waals surface area contributed by atoms with E-state index in [9.17, 15) is 4.79 Å². The molecule has 0 atom stereocenters. The summed E-state index contributed by atoms with van der Waals surface area (Å²) < 4.78 is 0. The number of halogens is 1. The van der Waals surface area contributed by atoms with Gasteiger partial charge in [0.15, 0.2) is 5.15 Å². The van der Waals surface area contributed by atoms with E-state index in [4.69, 9.17) is 22.4 Å². The number of aromatic carboxylic acids is 1. The fourth-order valence-electron chi connectivity index (χ4n) is 0.634. The smallest absolute Gasteiger partial charge is 0.337 e. The predicted octanol–water partition coefficient (Wildman–Crippen LogP) is 1.02. The van der Waals surface area contributed by atoms with Gasteiger partial charge in [0.25, 0.3) is 0 Å². The maximum atomic E-state index is 10.4. The zero-order valence-corrected chi connectivity index (χ0v) is 6.17. The quantitative estimate of drug-likeness (QED) is 0.620. The number of pyridine rings is 1. The highest BCUT2D eigenvalue weighted by Crippen LogP contribution is 2.18. The molecule has 4 nitrogen and oxygen atoms in total. The molecule has 0 bridgehead atoms. The van der Waals surface area contributed by atoms with Crippen molar-refractivity contribution < 1.29 is 9.90 Å². The number of nitrogen functional groups attached to an aromatic ring is 1. The van der Waals surface area contributed by atoms with Gasteiger partial charge in [-0.05, 0) is 6.07 Å². The maximum Gasteiger partial charge on any atom is 0.337 e. The summed E-state index contributed by atoms with van der Waals surface area (Å²) in [6.45, 7) is 0. The van der Waals surface area contributed by atoms with Crippen LogP contribution in [-0.2, 0) is 0 Å². The van der Waals surface area contributed by atoms with Gasteiger partial charge >= 0.3 is 5.97 Å². The van der Waals surface area contributed by atoms with E-state index < -0.39 is 5.97 Å². The van der Waals surface area contributed by atoms with Crippen LogP contribution in [0.25, 0.3) is 0 Å². The second kappa shape index (κ2) is 2.75. The van der Waals surface area contributed by atoms with E-state index >= 15 is 0 Å². The number of hydrogen-bond donors (Lipinski definition) is 2. The van der Waals surface area contributed by atoms with E-state index in [1.807, 2.05) is 0 Å². The number of hydrogen-bond acceptors (Lipinski definition) is 3. The van der Waals surface area contributed by atoms with Crippen LogP contribution in [0.1, 0.15) is 10.4 Å². The highest BCUT2D eigenvalue weighted by atomic mass is 35.5. The molecule has 1 aromatic rings. The first-order valence-corrected chi connectivity index (χ1v) is 3.14. The Bertz CT molecular complexity index is 301. The Balaban J connectivity index is 3.27. The van der Waals surface area contributed by atoms with Gasteiger partial charge in [0.05, 0.1) is 11.3 Å². The van der Waals surface area contributed by atoms with Crippen molar-refractivity contribution in [1.82, 2.24) is 4.98 Å². The highest BCUT2D eigenvalue weighted by Gasteiger charge is 2.09. The lowest BCUT2D eigenvalue weighted by atomic mass is 10.2. The van der Waals surface area contributed by atoms with Crippen LogP contribution in [0.5, 0.6) is 0 Å². The van der Waals surface area contributed by atoms with Gasteiger partial charge in [0.1, 0.15) is 0 Å². The molecular formula is C6H5ClN2O2. The first kappa shape index (κ1) is 7.81. The highest BCUT2D eigenvalue weighted by molar-refractivity contribution is 6.32. The summed E-state index contributed by atoms with van der Waals surface area (Å²) in [6.07, 6.45) is 1.29. The fraction of sp³-hybridized carbons (Fsp3) is 0. The predicted molar refractivity (Wildman–Crippen MR) is 40.6 cm³/mol. The Hall–Kier alpha value is -1.29. The third-order valence-electron chi connectivity index (χ3n) is 1.17. The topological polar surface area (TPSA) is 76.2 Å². The van der Waals surface area contributed by atoms with Crippen molar-refractivity contribution in [2.45, 2.75) is 0 Å². The average Bonchev–Trinajstić information content (AvgIpc) is 1.94. The van der Waals surface area contributed by atoms with Crippen LogP contribution in [0.15, 0.2) is 12.3 Å². The molecule has 0 aromatic carbocycles. The van der Waals surface area contributed by atoms with Crippen molar-refractivity contribution in [1.29, 1.82) is 0 Å². The monoisotopic (exact) mass is 172 g/mol. The molecule has 0 aliphatic rings. The fourth-order valence-corrected chi connectivity index (χ4v) is 0.792. The van der Waals surface area contributed by atoms with Crippen molar-refractivity contribution in [3.05, 3.63) is 23.0 Å². The number of carboxylic acid groups (broad SMARTS) is 1. The van der Waals surface area contributed by atoms with E-state index in [-0.39, 0.29) is 16.4 Å². The number of aromatic nitrogens is 1. The van der Waals surface area contributed by atoms with Crippen molar-refractivity contribution in [2.75, 3.05) is 5.73 Å². The number of anilines is 1. The van der Waals surface area contributed by atoms with Crippen LogP contribution in [-0.4, -0.2) is 16.1 Å². The van der Waals surface area contributed by atoms with Gasteiger partial charge in [-0.2, -0.15) is 0 Å². The molecule has 11 heavy (non-hydrogen) atoms. The van der Waals surface area contributed by atoms with Gasteiger partial charge in [0, 0.05) is 6.20 Å². The Morgan fingerprint density at radius 3 is 2.82 bits per heavy atom. The largest absolute Gasteiger partial charge is 0.478 e. The van der Waals surface area contributed by atoms with E-state index in [2.05, 4.69) is 4.98 Å². The minimum Gasteiger partial charge on any atom is -0.478 e. The molecule has 0 aliphatic carbocycles. The minimum absolute atomic E-state index is 0.00154. The number of nitrogens with zero attached hydrogens (tertiary/aromatic N) is 1. The number of rotatable bonds is 1. The molecular weight excluding hydrogens is 168 g/mol. The lowest BCUT2D eigenvalue weighted by molar-refractivity contribution is 0.0698. The third kappa shape index (κ3) is 1.40. The van der Waals surface area contributed by atoms with Crippen molar-refractivity contribution >= 4 is 23.3 Å². The lowest BCUT2D eigenvalue weighted by Crippen LogP contribution is -2.03. The molecule has 0 spiro atoms. The van der Waals surface area contributed by atoms with Crippen LogP contribution in [0.3, 0.4) is 0 Å². The summed E-state index contributed by atoms with van der Waals surface area (Å²) in [6, 6.07) is 1.30. The second-order valence-electron chi connectivity index (χ2n) is 1.87. The molecule has 0 saturated heterocycles. The Morgan fingerprint density at radius 1 is 1.73 bits per heavy atom. The molecule has 0 amide bonds. The molecule has 58 valence electrons. The normalized spacial score (nSPS) is 9.55. The second-order valence-corrected chi connectivity index (χ2v) is 2.23. The standard InChI is InChI=1S/C6H5ClN2O2/c7-5-4(8)3(6(10)11)1-2-9-5/h1-2H,8H2,(H,10,11). The van der Waals surface area contributed by atoms with Crippen LogP contribution >= 0.6 is 11.6 Å². The SMILES string of the molecule is Nc1c(C(=O)O)ccnc1Cl. The first-order valence-electron chi connectivity index (χ1n) is 2.76. The van der Waals surface area contributed by atoms with Gasteiger partial charge < -0.3 is 10.8 Å². The van der Waals surface area contributed by atoms with Crippen LogP contribution in [0.2, 0.25) is 5.15 Å². The van der Waals surface area contributed by atoms with Crippen LogP contribution in [0.4, 0.5) is 5.69 Å². The summed E-state index contributed by atoms with van der Waals surface area (Å²) in [4.78, 5) is 14.0. The van der Waals surface area contributed by atoms with Crippen molar-refractivity contribution in [3.63, 3.8) is 0 Å². The summed E-state index contributed by atoms with van der Waals surface area (Å²) in [7, 11) is 0. The first-order chi connectivity index (χ1) is 5.13. The van der Waals surface area contributed by atoms with E-state index in [0.717, 1.165) is 0 Å². The zero-order chi connectivity index (χ0) is 8.43. The molecule has 1 aromatic heterocycles. The van der Waals surface area contributed by atoms with Gasteiger partial charge in [-0.1, -0.05) is 11.6 Å². The number of carboxylic acids is 1. The maximum absolute atomic E-state index is 10.4. The zero-order valence-electron chi connectivity index (χ0n) is 5.41. The van der Waals surface area contributed by atoms with Crippen molar-refractivity contribution in [2.24, 2.45) is 0 Å². The Kier molecular flexibility index (Phi) is 1.96. The molecule has 0 unspecified atom stereocenters. The molecule has 1 heterocycles. The van der Waals surface area contributed by atoms with Crippen molar-refractivity contribution in [3.8, 4) is 0 Å². The molecule has 5 heteroatoms. The van der Waals surface area contributed by atoms with Gasteiger partial charge in [-0.25, -0.2) is 9.78 Å².